The topological polar surface area (TPSA) is 37.3 Å². The van der Waals surface area contributed by atoms with Gasteiger partial charge in [-0.2, -0.15) is 0 Å². The van der Waals surface area contributed by atoms with E-state index >= 15 is 0 Å². The number of Topliss-reactive ketones (excluding diaryl/α,β-unsaturated/α-hetero) is 1. The lowest BCUT2D eigenvalue weighted by molar-refractivity contribution is -0.139. The predicted octanol–water partition coefficient (Wildman–Crippen LogP) is 4.10. The second-order valence-corrected chi connectivity index (χ2v) is 5.59. The summed E-state index contributed by atoms with van der Waals surface area (Å²) in [6.45, 7) is 8.42. The van der Waals surface area contributed by atoms with E-state index in [1.54, 1.807) is 0 Å². The van der Waals surface area contributed by atoms with Crippen molar-refractivity contribution in [1.29, 1.82) is 0 Å². The van der Waals surface area contributed by atoms with E-state index in [2.05, 4.69) is 27.7 Å². The number of ketones is 1. The van der Waals surface area contributed by atoms with E-state index in [4.69, 9.17) is 0 Å². The molecule has 0 atom stereocenters. The largest absolute Gasteiger partial charge is 0.382 e. The molecule has 102 valence electrons. The molecule has 2 nitrogen and oxygen atoms in total. The van der Waals surface area contributed by atoms with Gasteiger partial charge < -0.3 is 5.11 Å². The Labute approximate surface area is 107 Å². The minimum absolute atomic E-state index is 0.0631. The van der Waals surface area contributed by atoms with E-state index in [0.717, 1.165) is 32.1 Å². The maximum Gasteiger partial charge on any atom is 0.164 e. The van der Waals surface area contributed by atoms with Crippen LogP contribution in [0.2, 0.25) is 0 Å². The molecule has 0 unspecified atom stereocenters. The Hall–Kier alpha value is -0.370. The van der Waals surface area contributed by atoms with Crippen molar-refractivity contribution in [1.82, 2.24) is 0 Å². The van der Waals surface area contributed by atoms with Crippen LogP contribution in [0, 0.1) is 5.92 Å². The van der Waals surface area contributed by atoms with Crippen LogP contribution in [0.5, 0.6) is 0 Å². The van der Waals surface area contributed by atoms with Gasteiger partial charge >= 0.3 is 0 Å². The van der Waals surface area contributed by atoms with Crippen LogP contribution in [-0.2, 0) is 4.79 Å². The third-order valence-electron chi connectivity index (χ3n) is 3.36. The molecule has 0 aromatic rings. The molecule has 0 saturated carbocycles. The van der Waals surface area contributed by atoms with E-state index < -0.39 is 5.60 Å². The fourth-order valence-corrected chi connectivity index (χ4v) is 1.99. The molecule has 2 heteroatoms. The molecule has 0 aliphatic carbocycles. The summed E-state index contributed by atoms with van der Waals surface area (Å²) in [7, 11) is 0. The summed E-state index contributed by atoms with van der Waals surface area (Å²) in [6.07, 6.45) is 6.64. The van der Waals surface area contributed by atoms with Crippen LogP contribution >= 0.6 is 0 Å². The first-order valence-corrected chi connectivity index (χ1v) is 7.22. The van der Waals surface area contributed by atoms with E-state index in [1.807, 2.05) is 0 Å². The van der Waals surface area contributed by atoms with E-state index in [-0.39, 0.29) is 5.78 Å². The molecule has 0 fully saturated rings. The van der Waals surface area contributed by atoms with E-state index in [0.29, 0.717) is 25.2 Å². The second kappa shape index (κ2) is 8.68. The van der Waals surface area contributed by atoms with Crippen LogP contribution in [0.3, 0.4) is 0 Å². The zero-order valence-electron chi connectivity index (χ0n) is 12.1. The highest BCUT2D eigenvalue weighted by Crippen LogP contribution is 2.25. The molecule has 17 heavy (non-hydrogen) atoms. The number of carbonyl (C=O) groups is 1. The third kappa shape index (κ3) is 6.82. The average Bonchev–Trinajstić information content (AvgIpc) is 2.30. The molecular formula is C15H30O2. The van der Waals surface area contributed by atoms with E-state index in [9.17, 15) is 9.90 Å². The Morgan fingerprint density at radius 3 is 1.94 bits per heavy atom. The molecule has 0 heterocycles. The predicted molar refractivity (Wildman–Crippen MR) is 73.1 cm³/mol. The Morgan fingerprint density at radius 2 is 1.59 bits per heavy atom. The summed E-state index contributed by atoms with van der Waals surface area (Å²) in [6, 6.07) is 0. The highest BCUT2D eigenvalue weighted by atomic mass is 16.3. The van der Waals surface area contributed by atoms with Crippen LogP contribution in [0.15, 0.2) is 0 Å². The Balaban J connectivity index is 4.36. The summed E-state index contributed by atoms with van der Waals surface area (Å²) in [5, 5.41) is 10.5. The van der Waals surface area contributed by atoms with Crippen LogP contribution < -0.4 is 0 Å². The van der Waals surface area contributed by atoms with Crippen molar-refractivity contribution in [3.05, 3.63) is 0 Å². The van der Waals surface area contributed by atoms with Gasteiger partial charge in [0.05, 0.1) is 0 Å². The molecule has 0 aromatic heterocycles. The molecule has 0 amide bonds. The van der Waals surface area contributed by atoms with Crippen LogP contribution in [0.4, 0.5) is 0 Å². The zero-order valence-corrected chi connectivity index (χ0v) is 12.1. The number of hydrogen-bond donors (Lipinski definition) is 1. The quantitative estimate of drug-likeness (QED) is 0.626. The lowest BCUT2D eigenvalue weighted by atomic mass is 9.84. The number of unbranched alkanes of at least 4 members (excludes halogenated alkanes) is 2. The summed E-state index contributed by atoms with van der Waals surface area (Å²) >= 11 is 0. The number of aliphatic hydroxyl groups is 1. The van der Waals surface area contributed by atoms with Gasteiger partial charge in [-0.25, -0.2) is 0 Å². The average molecular weight is 242 g/mol. The molecule has 0 saturated heterocycles. The monoisotopic (exact) mass is 242 g/mol. The number of carbonyl (C=O) groups excluding carboxylic acids is 1. The van der Waals surface area contributed by atoms with Gasteiger partial charge in [0.1, 0.15) is 5.60 Å². The van der Waals surface area contributed by atoms with E-state index in [1.165, 1.54) is 0 Å². The molecular weight excluding hydrogens is 212 g/mol. The van der Waals surface area contributed by atoms with Crippen LogP contribution in [-0.4, -0.2) is 16.5 Å². The first kappa shape index (κ1) is 16.6. The molecule has 0 radical (unpaired) electrons. The third-order valence-corrected chi connectivity index (χ3v) is 3.36. The summed E-state index contributed by atoms with van der Waals surface area (Å²) in [5.41, 5.74) is -1.04. The molecule has 0 aromatic carbocycles. The zero-order chi connectivity index (χ0) is 13.3. The summed E-state index contributed by atoms with van der Waals surface area (Å²) in [4.78, 5) is 12.1. The minimum atomic E-state index is -1.04. The first-order chi connectivity index (χ1) is 7.96. The number of hydrogen-bond acceptors (Lipinski definition) is 2. The highest BCUT2D eigenvalue weighted by molar-refractivity contribution is 5.86. The van der Waals surface area contributed by atoms with Gasteiger partial charge in [-0.15, -0.1) is 0 Å². The van der Waals surface area contributed by atoms with Crippen molar-refractivity contribution in [2.24, 2.45) is 5.92 Å². The lowest BCUT2D eigenvalue weighted by Gasteiger charge is -2.27. The fraction of sp³-hybridized carbons (Fsp3) is 0.933. The van der Waals surface area contributed by atoms with Crippen molar-refractivity contribution in [3.8, 4) is 0 Å². The Kier molecular flexibility index (Phi) is 8.49. The SMILES string of the molecule is CCCCC(O)(CCCC)C(=O)CCC(C)C. The van der Waals surface area contributed by atoms with Crippen molar-refractivity contribution in [3.63, 3.8) is 0 Å². The van der Waals surface area contributed by atoms with Gasteiger partial charge in [0, 0.05) is 6.42 Å². The summed E-state index contributed by atoms with van der Waals surface area (Å²) < 4.78 is 0. The van der Waals surface area contributed by atoms with Gasteiger partial charge in [-0.05, 0) is 25.2 Å². The molecule has 0 rings (SSSR count). The van der Waals surface area contributed by atoms with Crippen molar-refractivity contribution in [2.45, 2.75) is 84.7 Å². The smallest absolute Gasteiger partial charge is 0.164 e. The molecule has 0 aliphatic rings. The van der Waals surface area contributed by atoms with Gasteiger partial charge in [-0.3, -0.25) is 4.79 Å². The Morgan fingerprint density at radius 1 is 1.12 bits per heavy atom. The highest BCUT2D eigenvalue weighted by Gasteiger charge is 2.33. The van der Waals surface area contributed by atoms with Gasteiger partial charge in [-0.1, -0.05) is 53.4 Å². The van der Waals surface area contributed by atoms with Crippen LogP contribution in [0.25, 0.3) is 0 Å². The molecule has 1 N–H and O–H groups in total. The Bertz CT molecular complexity index is 201. The lowest BCUT2D eigenvalue weighted by Crippen LogP contribution is -2.38. The van der Waals surface area contributed by atoms with Gasteiger partial charge in [0.15, 0.2) is 5.78 Å². The van der Waals surface area contributed by atoms with Crippen molar-refractivity contribution in [2.75, 3.05) is 0 Å². The molecule has 0 aliphatic heterocycles. The fourth-order valence-electron chi connectivity index (χ4n) is 1.99. The maximum absolute atomic E-state index is 12.1. The summed E-state index contributed by atoms with van der Waals surface area (Å²) in [5.74, 6) is 0.591. The first-order valence-electron chi connectivity index (χ1n) is 7.22. The van der Waals surface area contributed by atoms with Gasteiger partial charge in [0.25, 0.3) is 0 Å². The molecule has 0 spiro atoms. The minimum Gasteiger partial charge on any atom is -0.382 e. The molecule has 0 bridgehead atoms. The second-order valence-electron chi connectivity index (χ2n) is 5.59. The normalized spacial score (nSPS) is 12.1. The maximum atomic E-state index is 12.1. The van der Waals surface area contributed by atoms with Crippen molar-refractivity contribution < 1.29 is 9.90 Å². The standard InChI is InChI=1S/C15H30O2/c1-5-7-11-15(17,12-8-6-2)14(16)10-9-13(3)4/h13,17H,5-12H2,1-4H3. The van der Waals surface area contributed by atoms with Crippen LogP contribution in [0.1, 0.15) is 79.1 Å². The number of rotatable bonds is 10. The van der Waals surface area contributed by atoms with Gasteiger partial charge in [0.2, 0.25) is 0 Å². The van der Waals surface area contributed by atoms with Crippen molar-refractivity contribution >= 4 is 5.78 Å².